The van der Waals surface area contributed by atoms with Crippen molar-refractivity contribution in [3.05, 3.63) is 28.2 Å². The van der Waals surface area contributed by atoms with Gasteiger partial charge in [-0.15, -0.1) is 0 Å². The van der Waals surface area contributed by atoms with Crippen LogP contribution in [0, 0.1) is 0 Å². The number of hydrogen-bond acceptors (Lipinski definition) is 7. The number of aromatic nitrogens is 3. The predicted molar refractivity (Wildman–Crippen MR) is 124 cm³/mol. The van der Waals surface area contributed by atoms with Crippen LogP contribution in [-0.4, -0.2) is 47.2 Å². The van der Waals surface area contributed by atoms with Gasteiger partial charge in [0.25, 0.3) is 0 Å². The molecule has 2 aliphatic rings. The molecule has 0 aliphatic carbocycles. The number of amides is 2. The van der Waals surface area contributed by atoms with Gasteiger partial charge >= 0.3 is 6.03 Å². The predicted octanol–water partition coefficient (Wildman–Crippen LogP) is 4.31. The number of nitrogens with one attached hydrogen (secondary N) is 3. The first-order chi connectivity index (χ1) is 15.1. The number of anilines is 4. The van der Waals surface area contributed by atoms with E-state index in [-0.39, 0.29) is 0 Å². The molecule has 0 saturated carbocycles. The number of benzene rings is 1. The second kappa shape index (κ2) is 10.2. The first-order valence-corrected chi connectivity index (χ1v) is 11.4. The Balaban J connectivity index is 1.46. The molecule has 2 aliphatic heterocycles. The van der Waals surface area contributed by atoms with Gasteiger partial charge in [0.15, 0.2) is 0 Å². The van der Waals surface area contributed by atoms with Gasteiger partial charge in [0.05, 0.1) is 10.0 Å². The number of rotatable bonds is 5. The van der Waals surface area contributed by atoms with Crippen molar-refractivity contribution in [1.29, 1.82) is 0 Å². The summed E-state index contributed by atoms with van der Waals surface area (Å²) in [5, 5.41) is 3.47. The molecule has 0 atom stereocenters. The van der Waals surface area contributed by atoms with Gasteiger partial charge in [0.1, 0.15) is 0 Å². The van der Waals surface area contributed by atoms with Gasteiger partial charge in [-0.25, -0.2) is 10.2 Å². The smallest absolute Gasteiger partial charge is 0.337 e. The first-order valence-electron chi connectivity index (χ1n) is 10.6. The van der Waals surface area contributed by atoms with Crippen molar-refractivity contribution in [2.75, 3.05) is 46.7 Å². The molecule has 1 aromatic heterocycles. The summed E-state index contributed by atoms with van der Waals surface area (Å²) in [6.07, 6.45) is 6.94. The number of urea groups is 1. The Morgan fingerprint density at radius 2 is 1.39 bits per heavy atom. The molecule has 0 radical (unpaired) electrons. The number of piperidine rings is 2. The van der Waals surface area contributed by atoms with Gasteiger partial charge in [0.2, 0.25) is 17.8 Å². The van der Waals surface area contributed by atoms with Crippen LogP contribution in [-0.2, 0) is 0 Å². The molecule has 2 saturated heterocycles. The van der Waals surface area contributed by atoms with E-state index in [0.717, 1.165) is 51.9 Å². The van der Waals surface area contributed by atoms with Gasteiger partial charge in [-0.2, -0.15) is 15.0 Å². The molecule has 2 amide bonds. The van der Waals surface area contributed by atoms with Crippen LogP contribution in [0.1, 0.15) is 38.5 Å². The highest BCUT2D eigenvalue weighted by Crippen LogP contribution is 2.25. The molecule has 0 unspecified atom stereocenters. The maximum Gasteiger partial charge on any atom is 0.337 e. The van der Waals surface area contributed by atoms with Gasteiger partial charge in [0, 0.05) is 31.9 Å². The van der Waals surface area contributed by atoms with E-state index < -0.39 is 6.03 Å². The molecule has 2 aromatic rings. The van der Waals surface area contributed by atoms with Crippen LogP contribution in [0.3, 0.4) is 0 Å². The summed E-state index contributed by atoms with van der Waals surface area (Å²) in [6, 6.07) is 4.39. The summed E-state index contributed by atoms with van der Waals surface area (Å²) >= 11 is 11.9. The maximum atomic E-state index is 12.3. The SMILES string of the molecule is O=C(NNc1nc(N2CCCCC2)nc(N2CCCCC2)n1)Nc1ccc(Cl)c(Cl)c1. The number of halogens is 2. The van der Waals surface area contributed by atoms with Crippen molar-refractivity contribution in [2.45, 2.75) is 38.5 Å². The Morgan fingerprint density at radius 3 is 1.94 bits per heavy atom. The van der Waals surface area contributed by atoms with Crippen molar-refractivity contribution >= 4 is 52.8 Å². The van der Waals surface area contributed by atoms with Crippen molar-refractivity contribution in [1.82, 2.24) is 20.4 Å². The van der Waals surface area contributed by atoms with E-state index in [1.54, 1.807) is 18.2 Å². The van der Waals surface area contributed by atoms with Crippen LogP contribution in [0.25, 0.3) is 0 Å². The van der Waals surface area contributed by atoms with E-state index in [0.29, 0.717) is 33.6 Å². The van der Waals surface area contributed by atoms with E-state index in [1.807, 2.05) is 0 Å². The maximum absolute atomic E-state index is 12.3. The summed E-state index contributed by atoms with van der Waals surface area (Å²) in [4.78, 5) is 30.5. The van der Waals surface area contributed by atoms with Gasteiger partial charge in [-0.3, -0.25) is 5.43 Å². The summed E-state index contributed by atoms with van der Waals surface area (Å²) in [6.45, 7) is 3.70. The lowest BCUT2D eigenvalue weighted by Crippen LogP contribution is -2.37. The van der Waals surface area contributed by atoms with Crippen LogP contribution >= 0.6 is 23.2 Å². The number of nitrogens with zero attached hydrogens (tertiary/aromatic N) is 5. The van der Waals surface area contributed by atoms with Crippen LogP contribution in [0.2, 0.25) is 10.0 Å². The van der Waals surface area contributed by atoms with Crippen molar-refractivity contribution in [3.63, 3.8) is 0 Å². The number of carbonyl (C=O) groups excluding carboxylic acids is 1. The molecule has 31 heavy (non-hydrogen) atoms. The highest BCUT2D eigenvalue weighted by atomic mass is 35.5. The van der Waals surface area contributed by atoms with E-state index in [9.17, 15) is 4.79 Å². The molecule has 3 heterocycles. The topological polar surface area (TPSA) is 98.3 Å². The molecule has 4 rings (SSSR count). The first kappa shape index (κ1) is 21.7. The van der Waals surface area contributed by atoms with E-state index in [4.69, 9.17) is 28.2 Å². The fourth-order valence-corrected chi connectivity index (χ4v) is 4.03. The van der Waals surface area contributed by atoms with E-state index in [2.05, 4.69) is 35.9 Å². The largest absolute Gasteiger partial charge is 0.341 e. The van der Waals surface area contributed by atoms with Crippen LogP contribution in [0.5, 0.6) is 0 Å². The second-order valence-electron chi connectivity index (χ2n) is 7.69. The zero-order valence-corrected chi connectivity index (χ0v) is 18.7. The molecular weight excluding hydrogens is 439 g/mol. The zero-order chi connectivity index (χ0) is 21.6. The third kappa shape index (κ3) is 5.80. The zero-order valence-electron chi connectivity index (χ0n) is 17.2. The van der Waals surface area contributed by atoms with E-state index in [1.165, 1.54) is 12.8 Å². The molecule has 1 aromatic carbocycles. The Hall–Kier alpha value is -2.52. The van der Waals surface area contributed by atoms with Crippen molar-refractivity contribution in [2.24, 2.45) is 0 Å². The molecule has 9 nitrogen and oxygen atoms in total. The molecule has 166 valence electrons. The summed E-state index contributed by atoms with van der Waals surface area (Å²) in [5.74, 6) is 1.59. The monoisotopic (exact) mass is 464 g/mol. The molecule has 11 heteroatoms. The van der Waals surface area contributed by atoms with Gasteiger partial charge in [-0.1, -0.05) is 23.2 Å². The molecule has 0 spiro atoms. The lowest BCUT2D eigenvalue weighted by molar-refractivity contribution is 0.253. The lowest BCUT2D eigenvalue weighted by atomic mass is 10.1. The summed E-state index contributed by atoms with van der Waals surface area (Å²) < 4.78 is 0. The molecule has 0 bridgehead atoms. The second-order valence-corrected chi connectivity index (χ2v) is 8.50. The Bertz CT molecular complexity index is 880. The minimum atomic E-state index is -0.474. The standard InChI is InChI=1S/C20H26Cl2N8O/c21-15-8-7-14(13-16(15)22)23-20(31)28-27-17-24-18(29-9-3-1-4-10-29)26-19(25-17)30-11-5-2-6-12-30/h7-8,13H,1-6,9-12H2,(H2,23,28,31)(H,24,25,26,27). The third-order valence-electron chi connectivity index (χ3n) is 5.35. The van der Waals surface area contributed by atoms with Gasteiger partial charge in [-0.05, 0) is 56.7 Å². The minimum absolute atomic E-state index is 0.306. The van der Waals surface area contributed by atoms with Crippen LogP contribution in [0.4, 0.5) is 28.3 Å². The third-order valence-corrected chi connectivity index (χ3v) is 6.09. The summed E-state index contributed by atoms with van der Waals surface area (Å²) in [5.41, 5.74) is 5.91. The molecule has 2 fully saturated rings. The average Bonchev–Trinajstić information content (AvgIpc) is 2.81. The van der Waals surface area contributed by atoms with E-state index >= 15 is 0 Å². The highest BCUT2D eigenvalue weighted by Gasteiger charge is 2.20. The number of hydrogen-bond donors (Lipinski definition) is 3. The van der Waals surface area contributed by atoms with Gasteiger partial charge < -0.3 is 15.1 Å². The fourth-order valence-electron chi connectivity index (χ4n) is 3.73. The average molecular weight is 465 g/mol. The minimum Gasteiger partial charge on any atom is -0.341 e. The number of hydrazine groups is 1. The fraction of sp³-hybridized carbons (Fsp3) is 0.500. The van der Waals surface area contributed by atoms with Crippen LogP contribution in [0.15, 0.2) is 18.2 Å². The van der Waals surface area contributed by atoms with Crippen molar-refractivity contribution in [3.8, 4) is 0 Å². The summed E-state index contributed by atoms with van der Waals surface area (Å²) in [7, 11) is 0. The highest BCUT2D eigenvalue weighted by molar-refractivity contribution is 6.42. The molecule has 3 N–H and O–H groups in total. The quantitative estimate of drug-likeness (QED) is 0.566. The molecular formula is C20H26Cl2N8O. The Morgan fingerprint density at radius 1 is 0.806 bits per heavy atom. The Kier molecular flexibility index (Phi) is 7.14. The lowest BCUT2D eigenvalue weighted by Gasteiger charge is -2.30. The Labute approximate surface area is 191 Å². The van der Waals surface area contributed by atoms with Crippen LogP contribution < -0.4 is 26.0 Å². The van der Waals surface area contributed by atoms with Crippen molar-refractivity contribution < 1.29 is 4.79 Å². The normalized spacial score (nSPS) is 16.7. The number of carbonyl (C=O) groups is 1.